The second-order valence-electron chi connectivity index (χ2n) is 2.74. The van der Waals surface area contributed by atoms with E-state index < -0.39 is 42.8 Å². The maximum Gasteiger partial charge on any atom is 0.366 e. The smallest absolute Gasteiger partial charge is 0.366 e. The number of rotatable bonds is 3. The first-order chi connectivity index (χ1) is 7.77. The van der Waals surface area contributed by atoms with Crippen LogP contribution in [-0.4, -0.2) is 20.9 Å². The van der Waals surface area contributed by atoms with Gasteiger partial charge >= 0.3 is 17.3 Å². The van der Waals surface area contributed by atoms with E-state index in [9.17, 15) is 25.0 Å². The van der Waals surface area contributed by atoms with Crippen LogP contribution in [-0.2, 0) is 0 Å². The highest BCUT2D eigenvalue weighted by Crippen LogP contribution is 2.41. The van der Waals surface area contributed by atoms with Gasteiger partial charge in [0.05, 0.1) is 14.9 Å². The summed E-state index contributed by atoms with van der Waals surface area (Å²) in [5.41, 5.74) is -3.23. The van der Waals surface area contributed by atoms with Crippen molar-refractivity contribution in [1.82, 2.24) is 0 Å². The van der Waals surface area contributed by atoms with E-state index in [1.54, 1.807) is 0 Å². The summed E-state index contributed by atoms with van der Waals surface area (Å²) in [7, 11) is 0. The standard InChI is InChI=1S/C7H2Cl2N2O6/c8-3-1-2(7(12)13)5(10(14)15)6(4(3)9)11(16)17/h1H,(H,12,13). The predicted octanol–water partition coefficient (Wildman–Crippen LogP) is 2.51. The first kappa shape index (κ1) is 13.1. The molecule has 17 heavy (non-hydrogen) atoms. The van der Waals surface area contributed by atoms with Crippen molar-refractivity contribution in [2.75, 3.05) is 0 Å². The molecule has 0 aliphatic rings. The van der Waals surface area contributed by atoms with Crippen molar-refractivity contribution in [3.63, 3.8) is 0 Å². The molecule has 0 saturated carbocycles. The van der Waals surface area contributed by atoms with Crippen LogP contribution in [0, 0.1) is 20.2 Å². The molecule has 0 atom stereocenters. The number of carboxylic acids is 1. The SMILES string of the molecule is O=C(O)c1cc(Cl)c(Cl)c([N+](=O)[O-])c1[N+](=O)[O-]. The first-order valence-corrected chi connectivity index (χ1v) is 4.57. The lowest BCUT2D eigenvalue weighted by Gasteiger charge is -2.02. The third-order valence-electron chi connectivity index (χ3n) is 1.76. The Labute approximate surface area is 103 Å². The van der Waals surface area contributed by atoms with Crippen molar-refractivity contribution in [2.24, 2.45) is 0 Å². The van der Waals surface area contributed by atoms with Crippen molar-refractivity contribution in [2.45, 2.75) is 0 Å². The molecule has 0 saturated heterocycles. The molecule has 10 heteroatoms. The zero-order valence-corrected chi connectivity index (χ0v) is 9.23. The van der Waals surface area contributed by atoms with Gasteiger partial charge in [-0.2, -0.15) is 0 Å². The van der Waals surface area contributed by atoms with Gasteiger partial charge in [-0.25, -0.2) is 4.79 Å². The van der Waals surface area contributed by atoms with Gasteiger partial charge < -0.3 is 5.11 Å². The highest BCUT2D eigenvalue weighted by Gasteiger charge is 2.36. The Morgan fingerprint density at radius 3 is 2.00 bits per heavy atom. The summed E-state index contributed by atoms with van der Waals surface area (Å²) in [6.07, 6.45) is 0. The summed E-state index contributed by atoms with van der Waals surface area (Å²) < 4.78 is 0. The van der Waals surface area contributed by atoms with E-state index in [-0.39, 0.29) is 0 Å². The number of hydrogen-bond donors (Lipinski definition) is 1. The van der Waals surface area contributed by atoms with E-state index >= 15 is 0 Å². The second-order valence-corrected chi connectivity index (χ2v) is 3.52. The van der Waals surface area contributed by atoms with Gasteiger partial charge in [0.2, 0.25) is 0 Å². The monoisotopic (exact) mass is 280 g/mol. The van der Waals surface area contributed by atoms with E-state index in [1.165, 1.54) is 0 Å². The maximum atomic E-state index is 10.7. The molecule has 0 spiro atoms. The molecule has 0 aliphatic carbocycles. The van der Waals surface area contributed by atoms with Crippen molar-refractivity contribution in [3.8, 4) is 0 Å². The van der Waals surface area contributed by atoms with Crippen molar-refractivity contribution in [3.05, 3.63) is 41.9 Å². The fraction of sp³-hybridized carbons (Fsp3) is 0. The number of carboxylic acid groups (broad SMARTS) is 1. The zero-order chi connectivity index (χ0) is 13.3. The maximum absolute atomic E-state index is 10.7. The Bertz CT molecular complexity index is 544. The molecule has 0 bridgehead atoms. The zero-order valence-electron chi connectivity index (χ0n) is 7.72. The van der Waals surface area contributed by atoms with Gasteiger partial charge in [0.1, 0.15) is 10.6 Å². The lowest BCUT2D eigenvalue weighted by atomic mass is 10.1. The minimum absolute atomic E-state index is 0.443. The number of benzene rings is 1. The minimum Gasteiger partial charge on any atom is -0.477 e. The van der Waals surface area contributed by atoms with Gasteiger partial charge in [0.25, 0.3) is 0 Å². The van der Waals surface area contributed by atoms with Crippen molar-refractivity contribution >= 4 is 40.5 Å². The fourth-order valence-electron chi connectivity index (χ4n) is 1.12. The van der Waals surface area contributed by atoms with Crippen LogP contribution in [0.25, 0.3) is 0 Å². The van der Waals surface area contributed by atoms with Gasteiger partial charge in [0, 0.05) is 0 Å². The summed E-state index contributed by atoms with van der Waals surface area (Å²) in [6, 6.07) is 0.692. The molecular formula is C7H2Cl2N2O6. The fourth-order valence-corrected chi connectivity index (χ4v) is 1.53. The number of nitro groups is 2. The van der Waals surface area contributed by atoms with Crippen LogP contribution in [0.3, 0.4) is 0 Å². The third-order valence-corrected chi connectivity index (χ3v) is 2.54. The lowest BCUT2D eigenvalue weighted by Crippen LogP contribution is -2.06. The Morgan fingerprint density at radius 2 is 1.65 bits per heavy atom. The van der Waals surface area contributed by atoms with Gasteiger partial charge in [-0.1, -0.05) is 23.2 Å². The highest BCUT2D eigenvalue weighted by molar-refractivity contribution is 6.44. The second kappa shape index (κ2) is 4.52. The summed E-state index contributed by atoms with van der Waals surface area (Å²) >= 11 is 10.9. The van der Waals surface area contributed by atoms with Gasteiger partial charge in [-0.3, -0.25) is 20.2 Å². The van der Waals surface area contributed by atoms with E-state index in [1.807, 2.05) is 0 Å². The first-order valence-electron chi connectivity index (χ1n) is 3.81. The number of aromatic carboxylic acids is 1. The minimum atomic E-state index is -1.71. The topological polar surface area (TPSA) is 124 Å². The molecule has 8 nitrogen and oxygen atoms in total. The summed E-state index contributed by atoms with van der Waals surface area (Å²) in [5, 5.41) is 28.9. The summed E-state index contributed by atoms with van der Waals surface area (Å²) in [5.74, 6) is -1.71. The highest BCUT2D eigenvalue weighted by atomic mass is 35.5. The molecule has 1 rings (SSSR count). The van der Waals surface area contributed by atoms with Crippen LogP contribution in [0.15, 0.2) is 6.07 Å². The van der Waals surface area contributed by atoms with E-state index in [0.29, 0.717) is 6.07 Å². The van der Waals surface area contributed by atoms with E-state index in [0.717, 1.165) is 0 Å². The Balaban J connectivity index is 3.83. The van der Waals surface area contributed by atoms with E-state index in [2.05, 4.69) is 0 Å². The molecule has 90 valence electrons. The van der Waals surface area contributed by atoms with Crippen LogP contribution >= 0.6 is 23.2 Å². The average Bonchev–Trinajstić information content (AvgIpc) is 2.19. The van der Waals surface area contributed by atoms with Crippen LogP contribution in [0.4, 0.5) is 11.4 Å². The quantitative estimate of drug-likeness (QED) is 0.670. The normalized spacial score (nSPS) is 10.0. The van der Waals surface area contributed by atoms with Crippen molar-refractivity contribution < 1.29 is 19.7 Å². The van der Waals surface area contributed by atoms with Crippen molar-refractivity contribution in [1.29, 1.82) is 0 Å². The van der Waals surface area contributed by atoms with Crippen LogP contribution in [0.2, 0.25) is 10.0 Å². The molecule has 0 amide bonds. The van der Waals surface area contributed by atoms with Crippen LogP contribution in [0.5, 0.6) is 0 Å². The molecule has 1 aromatic rings. The molecule has 1 N–H and O–H groups in total. The van der Waals surface area contributed by atoms with E-state index in [4.69, 9.17) is 28.3 Å². The molecule has 1 aromatic carbocycles. The lowest BCUT2D eigenvalue weighted by molar-refractivity contribution is -0.422. The largest absolute Gasteiger partial charge is 0.477 e. The van der Waals surface area contributed by atoms with Gasteiger partial charge in [0.15, 0.2) is 0 Å². The average molecular weight is 281 g/mol. The van der Waals surface area contributed by atoms with Crippen LogP contribution < -0.4 is 0 Å². The predicted molar refractivity (Wildman–Crippen MR) is 56.7 cm³/mol. The number of nitrogens with zero attached hydrogens (tertiary/aromatic N) is 2. The molecule has 0 aliphatic heterocycles. The number of halogens is 2. The molecule has 0 fully saturated rings. The number of carbonyl (C=O) groups is 1. The summed E-state index contributed by atoms with van der Waals surface area (Å²) in [4.78, 5) is 29.7. The number of nitro benzene ring substituents is 2. The Morgan fingerprint density at radius 1 is 1.18 bits per heavy atom. The molecular weight excluding hydrogens is 279 g/mol. The van der Waals surface area contributed by atoms with Crippen LogP contribution in [0.1, 0.15) is 10.4 Å². The molecule has 0 heterocycles. The molecule has 0 unspecified atom stereocenters. The number of hydrogen-bond acceptors (Lipinski definition) is 5. The van der Waals surface area contributed by atoms with Gasteiger partial charge in [-0.05, 0) is 6.07 Å². The summed E-state index contributed by atoms with van der Waals surface area (Å²) in [6.45, 7) is 0. The van der Waals surface area contributed by atoms with Gasteiger partial charge in [-0.15, -0.1) is 0 Å². The third kappa shape index (κ3) is 2.27. The molecule has 0 aromatic heterocycles. The Hall–Kier alpha value is -1.93. The Kier molecular flexibility index (Phi) is 3.49. The molecule has 0 radical (unpaired) electrons.